The van der Waals surface area contributed by atoms with Crippen molar-refractivity contribution in [1.29, 1.82) is 0 Å². The number of fused-ring (bicyclic) bond motifs is 7. The maximum Gasteiger partial charge on any atom is 0.135 e. The Bertz CT molecular complexity index is 3240. The summed E-state index contributed by atoms with van der Waals surface area (Å²) in [4.78, 5) is 2.40. The highest BCUT2D eigenvalue weighted by Gasteiger charge is 2.18. The zero-order valence-corrected chi connectivity index (χ0v) is 30.6. The van der Waals surface area contributed by atoms with Gasteiger partial charge < -0.3 is 9.32 Å². The highest BCUT2D eigenvalue weighted by Crippen LogP contribution is 2.44. The van der Waals surface area contributed by atoms with Crippen molar-refractivity contribution in [2.75, 3.05) is 4.90 Å². The summed E-state index contributed by atoms with van der Waals surface area (Å²) >= 11 is 1.86. The number of hydrogen-bond donors (Lipinski definition) is 0. The van der Waals surface area contributed by atoms with Crippen LogP contribution >= 0.6 is 11.3 Å². The van der Waals surface area contributed by atoms with Crippen molar-refractivity contribution in [3.8, 4) is 33.4 Å². The predicted molar refractivity (Wildman–Crippen MR) is 235 cm³/mol. The van der Waals surface area contributed by atoms with Gasteiger partial charge in [0.25, 0.3) is 0 Å². The van der Waals surface area contributed by atoms with Gasteiger partial charge in [-0.3, -0.25) is 0 Å². The Morgan fingerprint density at radius 3 is 1.71 bits per heavy atom. The van der Waals surface area contributed by atoms with Gasteiger partial charge in [-0.2, -0.15) is 0 Å². The lowest BCUT2D eigenvalue weighted by Gasteiger charge is -2.27. The molecule has 0 spiro atoms. The fourth-order valence-electron chi connectivity index (χ4n) is 8.20. The zero-order chi connectivity index (χ0) is 36.3. The van der Waals surface area contributed by atoms with Crippen molar-refractivity contribution in [2.45, 2.75) is 0 Å². The number of hydrogen-bond acceptors (Lipinski definition) is 3. The highest BCUT2D eigenvalue weighted by molar-refractivity contribution is 7.25. The van der Waals surface area contributed by atoms with Crippen LogP contribution in [0.15, 0.2) is 205 Å². The standard InChI is InChI=1S/C52H33NOS/c1-2-12-35-29-38(26-25-34(35)11-1)36-13-7-16-41(30-36)53(42-17-8-14-37(31-42)39-27-28-49-47(33-39)45-19-3-5-22-48(45)54-49)43-18-9-15-40(32-43)44-21-10-24-51-52(44)46-20-4-6-23-50(46)55-51/h1-33H. The van der Waals surface area contributed by atoms with Gasteiger partial charge in [-0.05, 0) is 117 Å². The monoisotopic (exact) mass is 719 g/mol. The van der Waals surface area contributed by atoms with Gasteiger partial charge in [0.05, 0.1) is 0 Å². The number of benzene rings is 9. The van der Waals surface area contributed by atoms with Crippen LogP contribution in [0.4, 0.5) is 17.1 Å². The molecule has 9 aromatic carbocycles. The van der Waals surface area contributed by atoms with Crippen LogP contribution in [-0.2, 0) is 0 Å². The average Bonchev–Trinajstić information content (AvgIpc) is 3.82. The summed E-state index contributed by atoms with van der Waals surface area (Å²) in [5.74, 6) is 0. The predicted octanol–water partition coefficient (Wildman–Crippen LogP) is 15.6. The van der Waals surface area contributed by atoms with Gasteiger partial charge in [-0.15, -0.1) is 11.3 Å². The van der Waals surface area contributed by atoms with E-state index in [1.165, 1.54) is 53.2 Å². The molecular formula is C52H33NOS. The van der Waals surface area contributed by atoms with Crippen molar-refractivity contribution >= 4 is 81.3 Å². The summed E-state index contributed by atoms with van der Waals surface area (Å²) < 4.78 is 8.79. The average molecular weight is 720 g/mol. The van der Waals surface area contributed by atoms with Crippen molar-refractivity contribution < 1.29 is 4.42 Å². The fourth-order valence-corrected chi connectivity index (χ4v) is 9.33. The molecule has 0 saturated heterocycles. The molecule has 0 unspecified atom stereocenters. The molecule has 0 radical (unpaired) electrons. The van der Waals surface area contributed by atoms with Gasteiger partial charge >= 0.3 is 0 Å². The largest absolute Gasteiger partial charge is 0.456 e. The van der Waals surface area contributed by atoms with Crippen LogP contribution in [0.25, 0.3) is 86.3 Å². The molecule has 258 valence electrons. The molecule has 0 fully saturated rings. The minimum atomic E-state index is 0.901. The van der Waals surface area contributed by atoms with Gasteiger partial charge in [-0.25, -0.2) is 0 Å². The van der Waals surface area contributed by atoms with Crippen LogP contribution in [0.5, 0.6) is 0 Å². The molecule has 0 bridgehead atoms. The first-order chi connectivity index (χ1) is 27.2. The Balaban J connectivity index is 1.08. The topological polar surface area (TPSA) is 16.4 Å². The SMILES string of the molecule is c1cc(-c2ccc3ccccc3c2)cc(N(c2cccc(-c3ccc4oc5ccccc5c4c3)c2)c2cccc(-c3cccc4sc5ccccc5c34)c2)c1. The number of thiophene rings is 1. The van der Waals surface area contributed by atoms with E-state index in [9.17, 15) is 0 Å². The summed E-state index contributed by atoms with van der Waals surface area (Å²) in [5.41, 5.74) is 12.2. The Labute approximate surface area is 322 Å². The second-order valence-electron chi connectivity index (χ2n) is 14.1. The Hall–Kier alpha value is -6.94. The highest BCUT2D eigenvalue weighted by atomic mass is 32.1. The second kappa shape index (κ2) is 12.9. The van der Waals surface area contributed by atoms with E-state index < -0.39 is 0 Å². The minimum absolute atomic E-state index is 0.901. The second-order valence-corrected chi connectivity index (χ2v) is 15.2. The first kappa shape index (κ1) is 31.6. The summed E-state index contributed by atoms with van der Waals surface area (Å²) in [6.07, 6.45) is 0. The Kier molecular flexibility index (Phi) is 7.39. The number of rotatable bonds is 6. The third kappa shape index (κ3) is 5.48. The Morgan fingerprint density at radius 2 is 0.909 bits per heavy atom. The molecule has 0 N–H and O–H groups in total. The number of anilines is 3. The van der Waals surface area contributed by atoms with Crippen LogP contribution in [0, 0.1) is 0 Å². The molecular weight excluding hydrogens is 687 g/mol. The summed E-state index contributed by atoms with van der Waals surface area (Å²) in [6.45, 7) is 0. The van der Waals surface area contributed by atoms with Crippen LogP contribution < -0.4 is 4.90 Å². The molecule has 0 saturated carbocycles. The van der Waals surface area contributed by atoms with E-state index in [-0.39, 0.29) is 0 Å². The van der Waals surface area contributed by atoms with Crippen LogP contribution in [0.2, 0.25) is 0 Å². The molecule has 2 heterocycles. The maximum atomic E-state index is 6.18. The number of para-hydroxylation sites is 1. The van der Waals surface area contributed by atoms with Crippen LogP contribution in [-0.4, -0.2) is 0 Å². The molecule has 3 heteroatoms. The van der Waals surface area contributed by atoms with Crippen molar-refractivity contribution in [3.63, 3.8) is 0 Å². The van der Waals surface area contributed by atoms with E-state index in [2.05, 4.69) is 193 Å². The molecule has 0 aliphatic rings. The summed E-state index contributed by atoms with van der Waals surface area (Å²) in [5, 5.41) is 7.36. The molecule has 2 aromatic heterocycles. The molecule has 11 rings (SSSR count). The molecule has 0 atom stereocenters. The lowest BCUT2D eigenvalue weighted by atomic mass is 9.98. The van der Waals surface area contributed by atoms with Crippen molar-refractivity contribution in [2.24, 2.45) is 0 Å². The van der Waals surface area contributed by atoms with E-state index >= 15 is 0 Å². The Morgan fingerprint density at radius 1 is 0.345 bits per heavy atom. The van der Waals surface area contributed by atoms with Crippen molar-refractivity contribution in [3.05, 3.63) is 200 Å². The molecule has 55 heavy (non-hydrogen) atoms. The van der Waals surface area contributed by atoms with E-state index in [0.717, 1.165) is 50.1 Å². The lowest BCUT2D eigenvalue weighted by Crippen LogP contribution is -2.10. The van der Waals surface area contributed by atoms with Crippen LogP contribution in [0.3, 0.4) is 0 Å². The third-order valence-corrected chi connectivity index (χ3v) is 12.0. The van der Waals surface area contributed by atoms with Gasteiger partial charge in [0.1, 0.15) is 11.2 Å². The maximum absolute atomic E-state index is 6.18. The van der Waals surface area contributed by atoms with E-state index in [4.69, 9.17) is 4.42 Å². The molecule has 0 aliphatic carbocycles. The minimum Gasteiger partial charge on any atom is -0.456 e. The zero-order valence-electron chi connectivity index (χ0n) is 29.8. The number of nitrogens with zero attached hydrogens (tertiary/aromatic N) is 1. The molecule has 0 aliphatic heterocycles. The van der Waals surface area contributed by atoms with Gasteiger partial charge in [0, 0.05) is 48.0 Å². The summed E-state index contributed by atoms with van der Waals surface area (Å²) in [6, 6.07) is 72.4. The normalized spacial score (nSPS) is 11.6. The molecule has 0 amide bonds. The van der Waals surface area contributed by atoms with Crippen LogP contribution in [0.1, 0.15) is 0 Å². The fraction of sp³-hybridized carbons (Fsp3) is 0. The first-order valence-electron chi connectivity index (χ1n) is 18.7. The quantitative estimate of drug-likeness (QED) is 0.170. The van der Waals surface area contributed by atoms with Crippen molar-refractivity contribution in [1.82, 2.24) is 0 Å². The molecule has 11 aromatic rings. The lowest BCUT2D eigenvalue weighted by molar-refractivity contribution is 0.669. The molecule has 2 nitrogen and oxygen atoms in total. The van der Waals surface area contributed by atoms with E-state index in [0.29, 0.717) is 0 Å². The smallest absolute Gasteiger partial charge is 0.135 e. The van der Waals surface area contributed by atoms with Gasteiger partial charge in [0.15, 0.2) is 0 Å². The van der Waals surface area contributed by atoms with E-state index in [1.807, 2.05) is 23.5 Å². The third-order valence-electron chi connectivity index (χ3n) is 10.8. The number of furan rings is 1. The van der Waals surface area contributed by atoms with E-state index in [1.54, 1.807) is 0 Å². The van der Waals surface area contributed by atoms with Gasteiger partial charge in [0.2, 0.25) is 0 Å². The van der Waals surface area contributed by atoms with Gasteiger partial charge in [-0.1, -0.05) is 127 Å². The first-order valence-corrected chi connectivity index (χ1v) is 19.5. The summed E-state index contributed by atoms with van der Waals surface area (Å²) in [7, 11) is 0.